The third kappa shape index (κ3) is 3.53. The molecule has 0 spiro atoms. The summed E-state index contributed by atoms with van der Waals surface area (Å²) in [6.07, 6.45) is 9.39. The Kier molecular flexibility index (Phi) is 5.05. The highest BCUT2D eigenvalue weighted by molar-refractivity contribution is 7.90. The van der Waals surface area contributed by atoms with Gasteiger partial charge in [-0.25, -0.2) is 13.1 Å². The van der Waals surface area contributed by atoms with Crippen molar-refractivity contribution in [1.29, 1.82) is 0 Å². The molecule has 1 amide bonds. The van der Waals surface area contributed by atoms with E-state index >= 15 is 0 Å². The third-order valence-corrected chi connectivity index (χ3v) is 7.97. The van der Waals surface area contributed by atoms with Crippen LogP contribution in [-0.2, 0) is 22.9 Å². The van der Waals surface area contributed by atoms with Crippen molar-refractivity contribution < 1.29 is 13.2 Å². The van der Waals surface area contributed by atoms with Crippen LogP contribution in [0.3, 0.4) is 0 Å². The van der Waals surface area contributed by atoms with Crippen LogP contribution in [-0.4, -0.2) is 53.8 Å². The van der Waals surface area contributed by atoms with Gasteiger partial charge in [-0.05, 0) is 51.4 Å². The number of hydrogen-bond donors (Lipinski definition) is 2. The van der Waals surface area contributed by atoms with E-state index in [1.54, 1.807) is 4.90 Å². The zero-order valence-electron chi connectivity index (χ0n) is 15.2. The van der Waals surface area contributed by atoms with Gasteiger partial charge < -0.3 is 4.90 Å². The summed E-state index contributed by atoms with van der Waals surface area (Å²) in [5, 5.41) is 6.75. The van der Waals surface area contributed by atoms with E-state index in [-0.39, 0.29) is 18.5 Å². The normalized spacial score (nSPS) is 24.6. The molecule has 2 fully saturated rings. The molecular formula is C18H28N4O3S. The van der Waals surface area contributed by atoms with Crippen LogP contribution >= 0.6 is 0 Å². The van der Waals surface area contributed by atoms with Gasteiger partial charge in [0, 0.05) is 30.4 Å². The molecule has 1 aliphatic heterocycles. The standard InChI is InChI=1S/C18H28N4O3S/c23-18(17-15-9-3-4-10-16(15)19-20-17)22-11-5-8-14(12-22)26(24,25)21-13-6-1-2-7-13/h13-14,21H,1-12H2,(H,19,20). The van der Waals surface area contributed by atoms with Gasteiger partial charge in [0.05, 0.1) is 5.25 Å². The summed E-state index contributed by atoms with van der Waals surface area (Å²) in [6.45, 7) is 0.873. The van der Waals surface area contributed by atoms with Crippen molar-refractivity contribution in [3.05, 3.63) is 17.0 Å². The van der Waals surface area contributed by atoms with Gasteiger partial charge in [0.15, 0.2) is 5.69 Å². The average Bonchev–Trinajstić information content (AvgIpc) is 3.30. The molecular weight excluding hydrogens is 352 g/mol. The first-order valence-electron chi connectivity index (χ1n) is 9.91. The zero-order chi connectivity index (χ0) is 18.1. The minimum atomic E-state index is -3.39. The molecule has 2 N–H and O–H groups in total. The van der Waals surface area contributed by atoms with E-state index in [9.17, 15) is 13.2 Å². The molecule has 0 radical (unpaired) electrons. The van der Waals surface area contributed by atoms with Crippen LogP contribution in [0.1, 0.15) is 73.1 Å². The molecule has 0 bridgehead atoms. The number of aromatic amines is 1. The van der Waals surface area contributed by atoms with Gasteiger partial charge in [-0.15, -0.1) is 0 Å². The molecule has 1 unspecified atom stereocenters. The summed E-state index contributed by atoms with van der Waals surface area (Å²) in [7, 11) is -3.39. The third-order valence-electron chi connectivity index (χ3n) is 6.05. The molecule has 0 aromatic carbocycles. The Morgan fingerprint density at radius 1 is 1.08 bits per heavy atom. The number of likely N-dealkylation sites (tertiary alicyclic amines) is 1. The predicted octanol–water partition coefficient (Wildman–Crippen LogP) is 1.76. The maximum absolute atomic E-state index is 13.0. The number of carbonyl (C=O) groups excluding carboxylic acids is 1. The van der Waals surface area contributed by atoms with Crippen molar-refractivity contribution in [1.82, 2.24) is 19.8 Å². The number of aromatic nitrogens is 2. The van der Waals surface area contributed by atoms with Gasteiger partial charge in [-0.1, -0.05) is 12.8 Å². The second-order valence-electron chi connectivity index (χ2n) is 7.90. The summed E-state index contributed by atoms with van der Waals surface area (Å²) < 4.78 is 28.4. The first-order valence-corrected chi connectivity index (χ1v) is 11.5. The molecule has 1 saturated carbocycles. The second kappa shape index (κ2) is 7.31. The molecule has 144 valence electrons. The fraction of sp³-hybridized carbons (Fsp3) is 0.778. The molecule has 1 aromatic rings. The largest absolute Gasteiger partial charge is 0.336 e. The number of amides is 1. The first-order chi connectivity index (χ1) is 12.5. The minimum absolute atomic E-state index is 0.0736. The fourth-order valence-electron chi connectivity index (χ4n) is 4.56. The maximum Gasteiger partial charge on any atom is 0.274 e. The Balaban J connectivity index is 1.46. The lowest BCUT2D eigenvalue weighted by Gasteiger charge is -2.33. The molecule has 1 saturated heterocycles. The lowest BCUT2D eigenvalue weighted by atomic mass is 9.95. The summed E-state index contributed by atoms with van der Waals surface area (Å²) in [6, 6.07) is 0.0736. The molecule has 26 heavy (non-hydrogen) atoms. The number of piperidine rings is 1. The maximum atomic E-state index is 13.0. The molecule has 1 atom stereocenters. The van der Waals surface area contributed by atoms with Crippen LogP contribution in [0, 0.1) is 0 Å². The summed E-state index contributed by atoms with van der Waals surface area (Å²) >= 11 is 0. The van der Waals surface area contributed by atoms with Gasteiger partial charge in [0.1, 0.15) is 0 Å². The van der Waals surface area contributed by atoms with Crippen LogP contribution in [0.4, 0.5) is 0 Å². The zero-order valence-corrected chi connectivity index (χ0v) is 16.0. The molecule has 7 nitrogen and oxygen atoms in total. The summed E-state index contributed by atoms with van der Waals surface area (Å²) in [5.74, 6) is -0.120. The van der Waals surface area contributed by atoms with Crippen LogP contribution < -0.4 is 4.72 Å². The SMILES string of the molecule is O=C(c1n[nH]c2c1CCCC2)N1CCCC(S(=O)(=O)NC2CCCC2)C1. The lowest BCUT2D eigenvalue weighted by Crippen LogP contribution is -2.50. The molecule has 2 aliphatic carbocycles. The van der Waals surface area contributed by atoms with Crippen LogP contribution in [0.25, 0.3) is 0 Å². The number of nitrogens with zero attached hydrogens (tertiary/aromatic N) is 2. The van der Waals surface area contributed by atoms with Crippen LogP contribution in [0.2, 0.25) is 0 Å². The van der Waals surface area contributed by atoms with Crippen molar-refractivity contribution in [3.8, 4) is 0 Å². The molecule has 2 heterocycles. The fourth-order valence-corrected chi connectivity index (χ4v) is 6.30. The number of nitrogens with one attached hydrogen (secondary N) is 2. The van der Waals surface area contributed by atoms with Crippen molar-refractivity contribution in [2.75, 3.05) is 13.1 Å². The summed E-state index contributed by atoms with van der Waals surface area (Å²) in [5.41, 5.74) is 2.61. The molecule has 4 rings (SSSR count). The molecule has 1 aromatic heterocycles. The van der Waals surface area contributed by atoms with E-state index < -0.39 is 15.3 Å². The minimum Gasteiger partial charge on any atom is -0.336 e. The number of aryl methyl sites for hydroxylation is 1. The molecule has 8 heteroatoms. The highest BCUT2D eigenvalue weighted by atomic mass is 32.2. The lowest BCUT2D eigenvalue weighted by molar-refractivity contribution is 0.0719. The number of hydrogen-bond acceptors (Lipinski definition) is 4. The van der Waals surface area contributed by atoms with Gasteiger partial charge in [0.2, 0.25) is 10.0 Å². The Bertz CT molecular complexity index is 767. The Hall–Kier alpha value is -1.41. The highest BCUT2D eigenvalue weighted by Gasteiger charge is 2.36. The van der Waals surface area contributed by atoms with Crippen molar-refractivity contribution in [2.24, 2.45) is 0 Å². The number of H-pyrrole nitrogens is 1. The van der Waals surface area contributed by atoms with E-state index in [0.29, 0.717) is 25.1 Å². The van der Waals surface area contributed by atoms with Gasteiger partial charge in [-0.2, -0.15) is 5.10 Å². The van der Waals surface area contributed by atoms with E-state index in [4.69, 9.17) is 0 Å². The van der Waals surface area contributed by atoms with E-state index in [2.05, 4.69) is 14.9 Å². The van der Waals surface area contributed by atoms with E-state index in [0.717, 1.165) is 62.6 Å². The first kappa shape index (κ1) is 18.0. The average molecular weight is 381 g/mol. The number of sulfonamides is 1. The smallest absolute Gasteiger partial charge is 0.274 e. The monoisotopic (exact) mass is 380 g/mol. The van der Waals surface area contributed by atoms with Crippen molar-refractivity contribution >= 4 is 15.9 Å². The van der Waals surface area contributed by atoms with Gasteiger partial charge >= 0.3 is 0 Å². The van der Waals surface area contributed by atoms with Crippen LogP contribution in [0.15, 0.2) is 0 Å². The Morgan fingerprint density at radius 2 is 1.85 bits per heavy atom. The number of fused-ring (bicyclic) bond motifs is 1. The van der Waals surface area contributed by atoms with Gasteiger partial charge in [-0.3, -0.25) is 9.89 Å². The number of rotatable bonds is 4. The summed E-state index contributed by atoms with van der Waals surface area (Å²) in [4.78, 5) is 14.7. The Morgan fingerprint density at radius 3 is 2.65 bits per heavy atom. The molecule has 3 aliphatic rings. The van der Waals surface area contributed by atoms with E-state index in [1.807, 2.05) is 0 Å². The topological polar surface area (TPSA) is 95.2 Å². The van der Waals surface area contributed by atoms with E-state index in [1.165, 1.54) is 0 Å². The van der Waals surface area contributed by atoms with Gasteiger partial charge in [0.25, 0.3) is 5.91 Å². The van der Waals surface area contributed by atoms with Crippen molar-refractivity contribution in [2.45, 2.75) is 75.5 Å². The second-order valence-corrected chi connectivity index (χ2v) is 9.89. The predicted molar refractivity (Wildman–Crippen MR) is 98.5 cm³/mol. The highest BCUT2D eigenvalue weighted by Crippen LogP contribution is 2.26. The van der Waals surface area contributed by atoms with Crippen LogP contribution in [0.5, 0.6) is 0 Å². The number of carbonyl (C=O) groups is 1. The Labute approximate surface area is 155 Å². The quantitative estimate of drug-likeness (QED) is 0.832. The van der Waals surface area contributed by atoms with Crippen molar-refractivity contribution in [3.63, 3.8) is 0 Å².